The summed E-state index contributed by atoms with van der Waals surface area (Å²) in [7, 11) is 0. The van der Waals surface area contributed by atoms with Crippen molar-refractivity contribution in [3.8, 4) is 28.4 Å². The van der Waals surface area contributed by atoms with Gasteiger partial charge in [-0.3, -0.25) is 4.79 Å². The molecule has 1 aliphatic rings. The number of amides is 1. The molecule has 0 bridgehead atoms. The molecule has 0 fully saturated rings. The Bertz CT molecular complexity index is 1600. The first-order valence-corrected chi connectivity index (χ1v) is 11.8. The summed E-state index contributed by atoms with van der Waals surface area (Å²) in [6.45, 7) is 3.37. The molecule has 1 amide bonds. The Labute approximate surface area is 222 Å². The summed E-state index contributed by atoms with van der Waals surface area (Å²) in [5.41, 5.74) is -1.90. The van der Waals surface area contributed by atoms with Crippen molar-refractivity contribution < 1.29 is 31.5 Å². The van der Waals surface area contributed by atoms with Crippen LogP contribution in [0.5, 0.6) is 5.75 Å². The number of carbonyl (C=O) groups is 1. The Morgan fingerprint density at radius 3 is 2.47 bits per heavy atom. The Balaban J connectivity index is 1.60. The van der Waals surface area contributed by atoms with Crippen LogP contribution in [-0.4, -0.2) is 15.9 Å². The number of benzene rings is 3. The average molecular weight is 568 g/mol. The van der Waals surface area contributed by atoms with Gasteiger partial charge in [-0.25, -0.2) is 13.8 Å². The summed E-state index contributed by atoms with van der Waals surface area (Å²) in [5.74, 6) is -2.75. The van der Waals surface area contributed by atoms with Crippen molar-refractivity contribution in [3.05, 3.63) is 87.0 Å². The van der Waals surface area contributed by atoms with Crippen molar-refractivity contribution in [2.24, 2.45) is 0 Å². The van der Waals surface area contributed by atoms with E-state index in [1.54, 1.807) is 13.8 Å². The van der Waals surface area contributed by atoms with Crippen LogP contribution in [0.15, 0.2) is 48.5 Å². The fourth-order valence-electron chi connectivity index (χ4n) is 4.22. The minimum absolute atomic E-state index is 0.0395. The van der Waals surface area contributed by atoms with Crippen molar-refractivity contribution in [2.75, 3.05) is 5.32 Å². The number of anilines is 1. The third kappa shape index (κ3) is 4.48. The molecule has 0 saturated carbocycles. The van der Waals surface area contributed by atoms with Gasteiger partial charge in [0, 0.05) is 16.3 Å². The second-order valence-electron chi connectivity index (χ2n) is 8.99. The number of H-pyrrole nitrogens is 1. The monoisotopic (exact) mass is 567 g/mol. The highest BCUT2D eigenvalue weighted by Crippen LogP contribution is 2.48. The predicted octanol–water partition coefficient (Wildman–Crippen LogP) is 8.23. The zero-order valence-electron chi connectivity index (χ0n) is 19.5. The van der Waals surface area contributed by atoms with Crippen LogP contribution in [0.3, 0.4) is 0 Å². The number of imidazole rings is 1. The second-order valence-corrected chi connectivity index (χ2v) is 9.84. The number of carbonyl (C=O) groups excluding carboxylic acids is 1. The van der Waals surface area contributed by atoms with Gasteiger partial charge in [-0.2, -0.15) is 13.2 Å². The topological polar surface area (TPSA) is 67.0 Å². The van der Waals surface area contributed by atoms with Gasteiger partial charge in [-0.15, -0.1) is 0 Å². The first kappa shape index (κ1) is 26.0. The summed E-state index contributed by atoms with van der Waals surface area (Å²) in [4.78, 5) is 20.8. The third-order valence-corrected chi connectivity index (χ3v) is 6.48. The first-order chi connectivity index (χ1) is 17.8. The maximum atomic E-state index is 14.6. The van der Waals surface area contributed by atoms with E-state index in [4.69, 9.17) is 27.9 Å². The smallest absolute Gasteiger partial charge is 0.419 e. The highest BCUT2D eigenvalue weighted by Gasteiger charge is 2.39. The average Bonchev–Trinajstić information content (AvgIpc) is 3.26. The lowest BCUT2D eigenvalue weighted by Crippen LogP contribution is -2.31. The van der Waals surface area contributed by atoms with E-state index in [2.05, 4.69) is 15.3 Å². The zero-order valence-corrected chi connectivity index (χ0v) is 21.0. The highest BCUT2D eigenvalue weighted by atomic mass is 35.5. The fraction of sp³-hybridized carbons (Fsp3) is 0.154. The molecule has 2 heterocycles. The van der Waals surface area contributed by atoms with Crippen LogP contribution < -0.4 is 10.1 Å². The molecule has 196 valence electrons. The number of aromatic nitrogens is 2. The van der Waals surface area contributed by atoms with Crippen LogP contribution in [0.4, 0.5) is 27.6 Å². The van der Waals surface area contributed by atoms with Crippen molar-refractivity contribution in [1.29, 1.82) is 0 Å². The SMILES string of the molecule is CC1(C)Oc2c(C(=O)Nc3ccc(F)c(C(F)(F)F)c3)cc(Cl)cc2-c2nc(-c3c(F)cccc3Cl)[nH]c21. The highest BCUT2D eigenvalue weighted by molar-refractivity contribution is 6.33. The summed E-state index contributed by atoms with van der Waals surface area (Å²) >= 11 is 12.5. The van der Waals surface area contributed by atoms with E-state index in [1.807, 2.05) is 0 Å². The summed E-state index contributed by atoms with van der Waals surface area (Å²) in [5, 5.41) is 2.56. The van der Waals surface area contributed by atoms with Crippen molar-refractivity contribution in [2.45, 2.75) is 25.6 Å². The van der Waals surface area contributed by atoms with E-state index in [9.17, 15) is 26.7 Å². The molecule has 2 N–H and O–H groups in total. The Morgan fingerprint density at radius 2 is 1.79 bits per heavy atom. The first-order valence-electron chi connectivity index (χ1n) is 11.0. The lowest BCUT2D eigenvalue weighted by atomic mass is 9.93. The largest absolute Gasteiger partial charge is 0.480 e. The van der Waals surface area contributed by atoms with Gasteiger partial charge in [0.15, 0.2) is 0 Å². The van der Waals surface area contributed by atoms with Crippen LogP contribution in [0, 0.1) is 11.6 Å². The number of nitrogens with zero attached hydrogens (tertiary/aromatic N) is 1. The quantitative estimate of drug-likeness (QED) is 0.245. The zero-order chi connectivity index (χ0) is 27.6. The lowest BCUT2D eigenvalue weighted by Gasteiger charge is -2.33. The van der Waals surface area contributed by atoms with E-state index in [0.29, 0.717) is 29.1 Å². The summed E-state index contributed by atoms with van der Waals surface area (Å²) in [6, 6.07) is 9.08. The van der Waals surface area contributed by atoms with Crippen LogP contribution >= 0.6 is 23.2 Å². The number of ether oxygens (including phenoxy) is 1. The number of alkyl halides is 3. The Kier molecular flexibility index (Phi) is 6.15. The van der Waals surface area contributed by atoms with Crippen LogP contribution in [-0.2, 0) is 11.8 Å². The summed E-state index contributed by atoms with van der Waals surface area (Å²) in [6.07, 6.45) is -4.96. The summed E-state index contributed by atoms with van der Waals surface area (Å²) < 4.78 is 73.9. The molecule has 0 saturated heterocycles. The van der Waals surface area contributed by atoms with Gasteiger partial charge < -0.3 is 15.0 Å². The Morgan fingerprint density at radius 1 is 1.05 bits per heavy atom. The predicted molar refractivity (Wildman–Crippen MR) is 132 cm³/mol. The molecule has 0 radical (unpaired) electrons. The normalized spacial score (nSPS) is 13.9. The molecule has 4 aromatic rings. The van der Waals surface area contributed by atoms with E-state index in [1.165, 1.54) is 30.3 Å². The molecular formula is C26H16Cl2F5N3O2. The number of aromatic amines is 1. The Hall–Kier alpha value is -3.63. The molecule has 38 heavy (non-hydrogen) atoms. The molecule has 12 heteroatoms. The van der Waals surface area contributed by atoms with Gasteiger partial charge in [-0.1, -0.05) is 29.3 Å². The minimum atomic E-state index is -4.96. The molecular weight excluding hydrogens is 552 g/mol. The van der Waals surface area contributed by atoms with Crippen LogP contribution in [0.2, 0.25) is 10.0 Å². The van der Waals surface area contributed by atoms with Crippen LogP contribution in [0.25, 0.3) is 22.6 Å². The molecule has 1 aromatic heterocycles. The maximum Gasteiger partial charge on any atom is 0.419 e. The van der Waals surface area contributed by atoms with Gasteiger partial charge in [0.25, 0.3) is 5.91 Å². The minimum Gasteiger partial charge on any atom is -0.480 e. The lowest BCUT2D eigenvalue weighted by molar-refractivity contribution is -0.139. The van der Waals surface area contributed by atoms with E-state index in [-0.39, 0.29) is 38.4 Å². The number of nitrogens with one attached hydrogen (secondary N) is 2. The second kappa shape index (κ2) is 8.99. The molecule has 0 unspecified atom stereocenters. The van der Waals surface area contributed by atoms with Gasteiger partial charge >= 0.3 is 6.18 Å². The molecule has 5 rings (SSSR count). The van der Waals surface area contributed by atoms with Crippen molar-refractivity contribution in [3.63, 3.8) is 0 Å². The van der Waals surface area contributed by atoms with E-state index >= 15 is 0 Å². The van der Waals surface area contributed by atoms with E-state index < -0.39 is 34.9 Å². The molecule has 1 aliphatic heterocycles. The third-order valence-electron chi connectivity index (χ3n) is 5.95. The van der Waals surface area contributed by atoms with Crippen molar-refractivity contribution >= 4 is 34.8 Å². The van der Waals surface area contributed by atoms with E-state index in [0.717, 1.165) is 6.07 Å². The number of halogens is 7. The van der Waals surface area contributed by atoms with Crippen molar-refractivity contribution in [1.82, 2.24) is 9.97 Å². The molecule has 0 atom stereocenters. The molecule has 5 nitrogen and oxygen atoms in total. The van der Waals surface area contributed by atoms with Gasteiger partial charge in [0.05, 0.1) is 33.1 Å². The fourth-order valence-corrected chi connectivity index (χ4v) is 4.69. The number of hydrogen-bond acceptors (Lipinski definition) is 3. The maximum absolute atomic E-state index is 14.6. The number of hydrogen-bond donors (Lipinski definition) is 2. The van der Waals surface area contributed by atoms with Gasteiger partial charge in [0.1, 0.15) is 28.8 Å². The number of rotatable bonds is 3. The molecule has 3 aromatic carbocycles. The number of fused-ring (bicyclic) bond motifs is 3. The molecule has 0 spiro atoms. The van der Waals surface area contributed by atoms with Crippen LogP contribution in [0.1, 0.15) is 35.5 Å². The van der Waals surface area contributed by atoms with Gasteiger partial charge in [0.2, 0.25) is 0 Å². The standard InChI is InChI=1S/C26H16Cl2F5N3O2/c1-25(2)22-20(35-23(36-22)19-16(28)4-3-5-18(19)30)13-8-11(27)9-14(21(13)38-25)24(37)34-12-6-7-17(29)15(10-12)26(31,32)33/h3-10H,1-2H3,(H,34,37)(H,35,36). The molecule has 0 aliphatic carbocycles. The van der Waals surface area contributed by atoms with Gasteiger partial charge in [-0.05, 0) is 56.3 Å².